The van der Waals surface area contributed by atoms with Crippen molar-refractivity contribution in [1.82, 2.24) is 10.3 Å². The van der Waals surface area contributed by atoms with Crippen molar-refractivity contribution in [2.75, 3.05) is 26.1 Å². The van der Waals surface area contributed by atoms with E-state index in [2.05, 4.69) is 26.7 Å². The number of methoxy groups -OCH3 is 2. The molecular formula is C26H25FN4O3. The number of benzene rings is 3. The summed E-state index contributed by atoms with van der Waals surface area (Å²) in [6.45, 7) is 0.411. The largest absolute Gasteiger partial charge is 0.497 e. The van der Waals surface area contributed by atoms with Crippen LogP contribution in [0.5, 0.6) is 11.5 Å². The van der Waals surface area contributed by atoms with E-state index in [1.54, 1.807) is 32.4 Å². The lowest BCUT2D eigenvalue weighted by Crippen LogP contribution is -2.36. The van der Waals surface area contributed by atoms with Crippen molar-refractivity contribution >= 4 is 28.5 Å². The fourth-order valence-electron chi connectivity index (χ4n) is 3.56. The molecule has 0 fully saturated rings. The van der Waals surface area contributed by atoms with Crippen molar-refractivity contribution in [3.63, 3.8) is 0 Å². The van der Waals surface area contributed by atoms with E-state index in [1.165, 1.54) is 24.3 Å². The zero-order chi connectivity index (χ0) is 23.9. The second-order valence-electron chi connectivity index (χ2n) is 7.53. The van der Waals surface area contributed by atoms with Gasteiger partial charge < -0.3 is 19.8 Å². The number of nitrogens with zero attached hydrogens (tertiary/aromatic N) is 1. The van der Waals surface area contributed by atoms with E-state index in [1.807, 2.05) is 24.4 Å². The minimum absolute atomic E-state index is 0.189. The fraction of sp³-hybridized carbons (Fsp3) is 0.154. The molecule has 8 heteroatoms. The Morgan fingerprint density at radius 2 is 1.76 bits per heavy atom. The van der Waals surface area contributed by atoms with Crippen LogP contribution in [0.25, 0.3) is 10.9 Å². The normalized spacial score (nSPS) is 11.3. The number of halogens is 1. The molecule has 0 saturated heterocycles. The van der Waals surface area contributed by atoms with Crippen LogP contribution < -0.4 is 20.1 Å². The summed E-state index contributed by atoms with van der Waals surface area (Å²) in [5.41, 5.74) is 2.98. The molecule has 4 aromatic rings. The summed E-state index contributed by atoms with van der Waals surface area (Å²) in [5, 5.41) is 7.00. The van der Waals surface area contributed by atoms with Crippen LogP contribution >= 0.6 is 0 Å². The highest BCUT2D eigenvalue weighted by molar-refractivity contribution is 6.10. The van der Waals surface area contributed by atoms with Crippen LogP contribution in [0.1, 0.15) is 15.9 Å². The minimum Gasteiger partial charge on any atom is -0.497 e. The number of H-pyrrole nitrogens is 1. The predicted octanol–water partition coefficient (Wildman–Crippen LogP) is 4.76. The van der Waals surface area contributed by atoms with Crippen LogP contribution in [0, 0.1) is 5.82 Å². The van der Waals surface area contributed by atoms with Gasteiger partial charge in [-0.15, -0.1) is 0 Å². The molecule has 174 valence electrons. The number of hydrogen-bond donors (Lipinski definition) is 3. The summed E-state index contributed by atoms with van der Waals surface area (Å²) < 4.78 is 24.3. The number of guanidine groups is 1. The van der Waals surface area contributed by atoms with Crippen molar-refractivity contribution in [2.24, 2.45) is 4.99 Å². The van der Waals surface area contributed by atoms with Crippen molar-refractivity contribution in [1.29, 1.82) is 0 Å². The first kappa shape index (κ1) is 22.8. The standard InChI is InChI=1S/C26H25FN4O3/c1-33-21-13-20(14-22(15-21)34-2)30-26(31-25(32)17-6-5-7-19(27)12-17)28-11-10-18-16-29-24-9-4-3-8-23(18)24/h3-9,12-16,29H,10-11H2,1-2H3,(H2,28,30,31,32). The average Bonchev–Trinajstić information content (AvgIpc) is 3.26. The van der Waals surface area contributed by atoms with Gasteiger partial charge in [0, 0.05) is 53.1 Å². The average molecular weight is 461 g/mol. The number of nitrogens with one attached hydrogen (secondary N) is 3. The van der Waals surface area contributed by atoms with E-state index in [0.29, 0.717) is 30.2 Å². The number of carbonyl (C=O) groups is 1. The number of aliphatic imine (C=N–C) groups is 1. The quantitative estimate of drug-likeness (QED) is 0.274. The van der Waals surface area contributed by atoms with Gasteiger partial charge >= 0.3 is 0 Å². The molecule has 0 spiro atoms. The Labute approximate surface area is 196 Å². The Balaban J connectivity index is 1.57. The Bertz CT molecular complexity index is 1310. The lowest BCUT2D eigenvalue weighted by molar-refractivity contribution is 0.0976. The van der Waals surface area contributed by atoms with Gasteiger partial charge in [0.25, 0.3) is 5.91 Å². The van der Waals surface area contributed by atoms with Gasteiger partial charge in [-0.2, -0.15) is 0 Å². The molecule has 0 aliphatic heterocycles. The summed E-state index contributed by atoms with van der Waals surface area (Å²) >= 11 is 0. The molecule has 0 aliphatic rings. The number of ether oxygens (including phenoxy) is 2. The summed E-state index contributed by atoms with van der Waals surface area (Å²) in [5.74, 6) is 0.418. The molecule has 3 aromatic carbocycles. The molecule has 1 heterocycles. The molecule has 4 rings (SSSR count). The molecule has 0 aliphatic carbocycles. The number of rotatable bonds is 7. The molecule has 3 N–H and O–H groups in total. The Kier molecular flexibility index (Phi) is 7.07. The Morgan fingerprint density at radius 1 is 1.00 bits per heavy atom. The number of fused-ring (bicyclic) bond motifs is 1. The molecule has 1 amide bonds. The second-order valence-corrected chi connectivity index (χ2v) is 7.53. The summed E-state index contributed by atoms with van der Waals surface area (Å²) in [6, 6.07) is 18.8. The van der Waals surface area contributed by atoms with Crippen molar-refractivity contribution in [2.45, 2.75) is 6.42 Å². The van der Waals surface area contributed by atoms with Crippen molar-refractivity contribution < 1.29 is 18.7 Å². The van der Waals surface area contributed by atoms with Crippen LogP contribution in [0.3, 0.4) is 0 Å². The third kappa shape index (κ3) is 5.53. The molecule has 0 atom stereocenters. The second kappa shape index (κ2) is 10.5. The fourth-order valence-corrected chi connectivity index (χ4v) is 3.56. The summed E-state index contributed by atoms with van der Waals surface area (Å²) in [6.07, 6.45) is 2.62. The zero-order valence-electron chi connectivity index (χ0n) is 18.9. The number of anilines is 1. The van der Waals surface area contributed by atoms with E-state index in [9.17, 15) is 9.18 Å². The van der Waals surface area contributed by atoms with E-state index in [4.69, 9.17) is 9.47 Å². The lowest BCUT2D eigenvalue weighted by atomic mass is 10.1. The maximum atomic E-state index is 13.6. The first-order valence-electron chi connectivity index (χ1n) is 10.7. The van der Waals surface area contributed by atoms with Gasteiger partial charge in [-0.05, 0) is 36.2 Å². The maximum absolute atomic E-state index is 13.6. The first-order chi connectivity index (χ1) is 16.6. The summed E-state index contributed by atoms with van der Waals surface area (Å²) in [4.78, 5) is 20.6. The van der Waals surface area contributed by atoms with Gasteiger partial charge in [-0.1, -0.05) is 24.3 Å². The van der Waals surface area contributed by atoms with Crippen molar-refractivity contribution in [3.8, 4) is 11.5 Å². The highest BCUT2D eigenvalue weighted by Gasteiger charge is 2.12. The highest BCUT2D eigenvalue weighted by atomic mass is 19.1. The Morgan fingerprint density at radius 3 is 2.50 bits per heavy atom. The van der Waals surface area contributed by atoms with Crippen LogP contribution in [0.4, 0.5) is 10.1 Å². The van der Waals surface area contributed by atoms with Gasteiger partial charge in [0.05, 0.1) is 14.2 Å². The van der Waals surface area contributed by atoms with Crippen LogP contribution in [-0.4, -0.2) is 37.6 Å². The van der Waals surface area contributed by atoms with E-state index >= 15 is 0 Å². The molecule has 34 heavy (non-hydrogen) atoms. The Hall–Kier alpha value is -4.33. The van der Waals surface area contributed by atoms with Crippen molar-refractivity contribution in [3.05, 3.63) is 89.9 Å². The third-order valence-corrected chi connectivity index (χ3v) is 5.26. The van der Waals surface area contributed by atoms with Gasteiger partial charge in [0.15, 0.2) is 0 Å². The third-order valence-electron chi connectivity index (χ3n) is 5.26. The SMILES string of the molecule is COc1cc(NC(=NCCc2c[nH]c3ccccc23)NC(=O)c2cccc(F)c2)cc(OC)c1. The number of carbonyl (C=O) groups excluding carboxylic acids is 1. The van der Waals surface area contributed by atoms with Gasteiger partial charge in [0.1, 0.15) is 17.3 Å². The van der Waals surface area contributed by atoms with Gasteiger partial charge in [0.2, 0.25) is 5.96 Å². The monoisotopic (exact) mass is 460 g/mol. The number of para-hydroxylation sites is 1. The molecule has 7 nitrogen and oxygen atoms in total. The molecule has 0 saturated carbocycles. The smallest absolute Gasteiger partial charge is 0.258 e. The molecule has 0 unspecified atom stereocenters. The first-order valence-corrected chi connectivity index (χ1v) is 10.7. The molecular weight excluding hydrogens is 435 g/mol. The number of aromatic amines is 1. The van der Waals surface area contributed by atoms with Crippen LogP contribution in [0.2, 0.25) is 0 Å². The predicted molar refractivity (Wildman–Crippen MR) is 131 cm³/mol. The number of hydrogen-bond acceptors (Lipinski definition) is 4. The number of aromatic nitrogens is 1. The zero-order valence-corrected chi connectivity index (χ0v) is 18.9. The molecule has 1 aromatic heterocycles. The lowest BCUT2D eigenvalue weighted by Gasteiger charge is -2.14. The highest BCUT2D eigenvalue weighted by Crippen LogP contribution is 2.25. The van der Waals surface area contributed by atoms with Gasteiger partial charge in [-0.3, -0.25) is 15.1 Å². The van der Waals surface area contributed by atoms with E-state index < -0.39 is 11.7 Å². The van der Waals surface area contributed by atoms with E-state index in [0.717, 1.165) is 16.5 Å². The molecule has 0 radical (unpaired) electrons. The minimum atomic E-state index is -0.490. The van der Waals surface area contributed by atoms with Gasteiger partial charge in [-0.25, -0.2) is 4.39 Å². The number of amides is 1. The molecule has 0 bridgehead atoms. The van der Waals surface area contributed by atoms with E-state index in [-0.39, 0.29) is 11.5 Å². The summed E-state index contributed by atoms with van der Waals surface area (Å²) in [7, 11) is 3.11. The maximum Gasteiger partial charge on any atom is 0.258 e. The van der Waals surface area contributed by atoms with Crippen LogP contribution in [0.15, 0.2) is 77.9 Å². The van der Waals surface area contributed by atoms with Crippen LogP contribution in [-0.2, 0) is 6.42 Å². The topological polar surface area (TPSA) is 87.7 Å².